The molecule has 0 aliphatic carbocycles. The molecule has 2 rings (SSSR count). The van der Waals surface area contributed by atoms with Crippen molar-refractivity contribution in [2.24, 2.45) is 0 Å². The van der Waals surface area contributed by atoms with Gasteiger partial charge >= 0.3 is 11.8 Å². The Labute approximate surface area is 155 Å². The number of furan rings is 1. The van der Waals surface area contributed by atoms with E-state index < -0.39 is 23.6 Å². The van der Waals surface area contributed by atoms with Gasteiger partial charge in [0.05, 0.1) is 19.4 Å². The number of carbonyl (C=O) groups is 4. The summed E-state index contributed by atoms with van der Waals surface area (Å²) >= 11 is 0. The molecular formula is C18H20N4O5. The van der Waals surface area contributed by atoms with Gasteiger partial charge in [-0.25, -0.2) is 0 Å². The van der Waals surface area contributed by atoms with Crippen molar-refractivity contribution < 1.29 is 23.6 Å². The maximum absolute atomic E-state index is 12.0. The summed E-state index contributed by atoms with van der Waals surface area (Å²) in [5.74, 6) is -2.61. The van der Waals surface area contributed by atoms with Crippen LogP contribution >= 0.6 is 0 Å². The molecule has 0 aliphatic heterocycles. The Morgan fingerprint density at radius 1 is 0.926 bits per heavy atom. The minimum absolute atomic E-state index is 0.0409. The van der Waals surface area contributed by atoms with E-state index in [-0.39, 0.29) is 13.1 Å². The van der Waals surface area contributed by atoms with Crippen molar-refractivity contribution in [2.75, 3.05) is 6.54 Å². The predicted octanol–water partition coefficient (Wildman–Crippen LogP) is 0.0900. The lowest BCUT2D eigenvalue weighted by molar-refractivity contribution is -0.141. The largest absolute Gasteiger partial charge is 0.467 e. The van der Waals surface area contributed by atoms with Crippen molar-refractivity contribution in [1.29, 1.82) is 0 Å². The Kier molecular flexibility index (Phi) is 6.70. The SMILES string of the molecule is Cc1ccc(C(=O)NCC(=O)NNC(=O)C(=O)NCc2ccco2)cc1C. The molecule has 4 N–H and O–H groups in total. The molecule has 0 atom stereocenters. The maximum Gasteiger partial charge on any atom is 0.327 e. The summed E-state index contributed by atoms with van der Waals surface area (Å²) in [5.41, 5.74) is 6.44. The fourth-order valence-corrected chi connectivity index (χ4v) is 2.03. The first kappa shape index (κ1) is 19.7. The van der Waals surface area contributed by atoms with E-state index in [9.17, 15) is 19.2 Å². The molecule has 0 radical (unpaired) electrons. The molecule has 4 amide bonds. The summed E-state index contributed by atoms with van der Waals surface area (Å²) in [5, 5.41) is 4.75. The van der Waals surface area contributed by atoms with Crippen molar-refractivity contribution in [1.82, 2.24) is 21.5 Å². The van der Waals surface area contributed by atoms with E-state index in [0.717, 1.165) is 11.1 Å². The first-order chi connectivity index (χ1) is 12.9. The zero-order valence-corrected chi connectivity index (χ0v) is 14.9. The average Bonchev–Trinajstić information content (AvgIpc) is 3.17. The average molecular weight is 372 g/mol. The van der Waals surface area contributed by atoms with Crippen LogP contribution in [0.15, 0.2) is 41.0 Å². The van der Waals surface area contributed by atoms with E-state index in [0.29, 0.717) is 11.3 Å². The van der Waals surface area contributed by atoms with E-state index in [1.54, 1.807) is 24.3 Å². The highest BCUT2D eigenvalue weighted by Crippen LogP contribution is 2.09. The van der Waals surface area contributed by atoms with Crippen LogP contribution in [0.5, 0.6) is 0 Å². The molecule has 0 aliphatic rings. The molecule has 9 heteroatoms. The number of hydrogen-bond donors (Lipinski definition) is 4. The van der Waals surface area contributed by atoms with Gasteiger partial charge in [0.25, 0.3) is 11.8 Å². The molecule has 142 valence electrons. The van der Waals surface area contributed by atoms with Crippen LogP contribution in [0.25, 0.3) is 0 Å². The minimum atomic E-state index is -1.05. The predicted molar refractivity (Wildman–Crippen MR) is 95.1 cm³/mol. The van der Waals surface area contributed by atoms with Gasteiger partial charge in [0, 0.05) is 5.56 Å². The van der Waals surface area contributed by atoms with Gasteiger partial charge in [0.2, 0.25) is 0 Å². The molecule has 0 saturated heterocycles. The second-order valence-corrected chi connectivity index (χ2v) is 5.75. The highest BCUT2D eigenvalue weighted by molar-refractivity contribution is 6.35. The van der Waals surface area contributed by atoms with Gasteiger partial charge in [-0.05, 0) is 49.2 Å². The number of hydrazine groups is 1. The molecule has 2 aromatic rings. The van der Waals surface area contributed by atoms with Crippen LogP contribution in [0.3, 0.4) is 0 Å². The molecule has 0 spiro atoms. The van der Waals surface area contributed by atoms with Gasteiger partial charge in [0.15, 0.2) is 0 Å². The van der Waals surface area contributed by atoms with Crippen molar-refractivity contribution in [2.45, 2.75) is 20.4 Å². The Morgan fingerprint density at radius 3 is 2.37 bits per heavy atom. The number of carbonyl (C=O) groups excluding carboxylic acids is 4. The Morgan fingerprint density at radius 2 is 1.70 bits per heavy atom. The van der Waals surface area contributed by atoms with Crippen molar-refractivity contribution >= 4 is 23.6 Å². The van der Waals surface area contributed by atoms with E-state index >= 15 is 0 Å². The number of rotatable bonds is 5. The monoisotopic (exact) mass is 372 g/mol. The fraction of sp³-hybridized carbons (Fsp3) is 0.222. The molecule has 0 unspecified atom stereocenters. The molecule has 1 heterocycles. The second-order valence-electron chi connectivity index (χ2n) is 5.75. The van der Waals surface area contributed by atoms with Crippen LogP contribution in [0, 0.1) is 13.8 Å². The fourth-order valence-electron chi connectivity index (χ4n) is 2.03. The van der Waals surface area contributed by atoms with E-state index in [4.69, 9.17) is 4.42 Å². The molecule has 0 fully saturated rings. The number of aryl methyl sites for hydroxylation is 2. The number of amides is 4. The van der Waals surface area contributed by atoms with Crippen LogP contribution in [0.2, 0.25) is 0 Å². The zero-order chi connectivity index (χ0) is 19.8. The summed E-state index contributed by atoms with van der Waals surface area (Å²) in [7, 11) is 0. The van der Waals surface area contributed by atoms with Crippen molar-refractivity contribution in [3.8, 4) is 0 Å². The Bertz CT molecular complexity index is 845. The van der Waals surface area contributed by atoms with E-state index in [1.165, 1.54) is 6.26 Å². The zero-order valence-electron chi connectivity index (χ0n) is 14.9. The molecule has 9 nitrogen and oxygen atoms in total. The van der Waals surface area contributed by atoms with Gasteiger partial charge < -0.3 is 15.1 Å². The quantitative estimate of drug-likeness (QED) is 0.437. The summed E-state index contributed by atoms with van der Waals surface area (Å²) in [6.45, 7) is 3.49. The molecule has 0 saturated carbocycles. The molecule has 27 heavy (non-hydrogen) atoms. The highest BCUT2D eigenvalue weighted by Gasteiger charge is 2.15. The Hall–Kier alpha value is -3.62. The van der Waals surface area contributed by atoms with Crippen LogP contribution in [-0.4, -0.2) is 30.2 Å². The number of hydrogen-bond acceptors (Lipinski definition) is 5. The summed E-state index contributed by atoms with van der Waals surface area (Å²) in [6, 6.07) is 8.46. The molecule has 1 aromatic carbocycles. The lowest BCUT2D eigenvalue weighted by Gasteiger charge is -2.09. The van der Waals surface area contributed by atoms with Gasteiger partial charge in [-0.3, -0.25) is 30.0 Å². The van der Waals surface area contributed by atoms with Crippen LogP contribution in [0.4, 0.5) is 0 Å². The standard InChI is InChI=1S/C18H20N4O5/c1-11-5-6-13(8-12(11)2)16(24)20-10-15(23)21-22-18(26)17(25)19-9-14-4-3-7-27-14/h3-8H,9-10H2,1-2H3,(H,19,25)(H,20,24)(H,21,23)(H,22,26). The first-order valence-corrected chi connectivity index (χ1v) is 8.11. The Balaban J connectivity index is 1.70. The smallest absolute Gasteiger partial charge is 0.327 e. The van der Waals surface area contributed by atoms with Gasteiger partial charge in [-0.2, -0.15) is 0 Å². The normalized spacial score (nSPS) is 10.0. The molecular weight excluding hydrogens is 352 g/mol. The third-order valence-electron chi connectivity index (χ3n) is 3.70. The molecule has 1 aromatic heterocycles. The van der Waals surface area contributed by atoms with Gasteiger partial charge in [-0.15, -0.1) is 0 Å². The van der Waals surface area contributed by atoms with Gasteiger partial charge in [-0.1, -0.05) is 6.07 Å². The lowest BCUT2D eigenvalue weighted by Crippen LogP contribution is -2.50. The highest BCUT2D eigenvalue weighted by atomic mass is 16.3. The number of benzene rings is 1. The third-order valence-corrected chi connectivity index (χ3v) is 3.70. The summed E-state index contributed by atoms with van der Waals surface area (Å²) in [4.78, 5) is 46.8. The van der Waals surface area contributed by atoms with Crippen molar-refractivity contribution in [3.63, 3.8) is 0 Å². The van der Waals surface area contributed by atoms with Crippen LogP contribution in [-0.2, 0) is 20.9 Å². The number of nitrogens with one attached hydrogen (secondary N) is 4. The maximum atomic E-state index is 12.0. The van der Waals surface area contributed by atoms with Gasteiger partial charge in [0.1, 0.15) is 5.76 Å². The van der Waals surface area contributed by atoms with E-state index in [2.05, 4.69) is 10.6 Å². The topological polar surface area (TPSA) is 130 Å². The van der Waals surface area contributed by atoms with Crippen LogP contribution < -0.4 is 21.5 Å². The van der Waals surface area contributed by atoms with E-state index in [1.807, 2.05) is 30.8 Å². The molecule has 0 bridgehead atoms. The second kappa shape index (κ2) is 9.18. The lowest BCUT2D eigenvalue weighted by atomic mass is 10.1. The first-order valence-electron chi connectivity index (χ1n) is 8.11. The minimum Gasteiger partial charge on any atom is -0.467 e. The third kappa shape index (κ3) is 5.99. The van der Waals surface area contributed by atoms with Crippen molar-refractivity contribution in [3.05, 3.63) is 59.0 Å². The summed E-state index contributed by atoms with van der Waals surface area (Å²) in [6.07, 6.45) is 1.44. The van der Waals surface area contributed by atoms with Crippen LogP contribution in [0.1, 0.15) is 27.2 Å². The summed E-state index contributed by atoms with van der Waals surface area (Å²) < 4.78 is 5.01.